The quantitative estimate of drug-likeness (QED) is 0.837. The molecule has 1 aromatic rings. The summed E-state index contributed by atoms with van der Waals surface area (Å²) in [5, 5.41) is 13.3. The molecule has 0 aromatic carbocycles. The van der Waals surface area contributed by atoms with Crippen LogP contribution < -0.4 is 0 Å². The first-order chi connectivity index (χ1) is 8.33. The van der Waals surface area contributed by atoms with Crippen molar-refractivity contribution < 1.29 is 14.4 Å². The fourth-order valence-electron chi connectivity index (χ4n) is 2.32. The van der Waals surface area contributed by atoms with Crippen LogP contribution in [0.15, 0.2) is 10.6 Å². The lowest BCUT2D eigenvalue weighted by Crippen LogP contribution is -2.41. The van der Waals surface area contributed by atoms with Gasteiger partial charge in [0.2, 0.25) is 0 Å². The summed E-state index contributed by atoms with van der Waals surface area (Å²) in [6, 6.07) is 2.19. The smallest absolute Gasteiger partial charge is 0.162 e. The number of hydrogen-bond acceptors (Lipinski definition) is 5. The highest BCUT2D eigenvalue weighted by atomic mass is 16.5. The number of nitrogens with zero attached hydrogens (tertiary/aromatic N) is 2. The zero-order valence-electron chi connectivity index (χ0n) is 10.3. The summed E-state index contributed by atoms with van der Waals surface area (Å²) in [6.45, 7) is 2.45. The van der Waals surface area contributed by atoms with E-state index in [1.165, 1.54) is 12.8 Å². The van der Waals surface area contributed by atoms with E-state index in [4.69, 9.17) is 9.26 Å². The molecule has 0 aliphatic carbocycles. The number of hydrogen-bond donors (Lipinski definition) is 1. The fraction of sp³-hybridized carbons (Fsp3) is 0.750. The first kappa shape index (κ1) is 12.5. The van der Waals surface area contributed by atoms with Crippen molar-refractivity contribution in [3.05, 3.63) is 17.5 Å². The van der Waals surface area contributed by atoms with Crippen LogP contribution in [0.2, 0.25) is 0 Å². The van der Waals surface area contributed by atoms with Crippen molar-refractivity contribution in [1.82, 2.24) is 10.1 Å². The first-order valence-electron chi connectivity index (χ1n) is 6.12. The van der Waals surface area contributed by atoms with Gasteiger partial charge in [0.1, 0.15) is 6.61 Å². The van der Waals surface area contributed by atoms with E-state index >= 15 is 0 Å². The summed E-state index contributed by atoms with van der Waals surface area (Å²) in [5.41, 5.74) is 0.914. The standard InChI is InChI=1S/C12H20N2O3/c1-16-9-12-6-10(13-17-12)7-14-5-3-2-4-11(14)8-15/h6,11,15H,2-5,7-9H2,1H3. The number of ether oxygens (including phenoxy) is 1. The van der Waals surface area contributed by atoms with Crippen LogP contribution in [0.1, 0.15) is 30.7 Å². The Bertz CT molecular complexity index is 340. The van der Waals surface area contributed by atoms with Gasteiger partial charge >= 0.3 is 0 Å². The van der Waals surface area contributed by atoms with Gasteiger partial charge in [0.05, 0.1) is 12.3 Å². The Morgan fingerprint density at radius 3 is 3.24 bits per heavy atom. The van der Waals surface area contributed by atoms with Gasteiger partial charge in [-0.15, -0.1) is 0 Å². The van der Waals surface area contributed by atoms with Gasteiger partial charge in [-0.05, 0) is 19.4 Å². The van der Waals surface area contributed by atoms with Crippen LogP contribution in [-0.2, 0) is 17.9 Å². The molecule has 1 saturated heterocycles. The van der Waals surface area contributed by atoms with Crippen molar-refractivity contribution in [2.75, 3.05) is 20.3 Å². The van der Waals surface area contributed by atoms with Crippen LogP contribution in [0, 0.1) is 0 Å². The Morgan fingerprint density at radius 2 is 2.47 bits per heavy atom. The van der Waals surface area contributed by atoms with Gasteiger partial charge in [0.25, 0.3) is 0 Å². The van der Waals surface area contributed by atoms with Crippen molar-refractivity contribution in [2.45, 2.75) is 38.5 Å². The van der Waals surface area contributed by atoms with Crippen molar-refractivity contribution >= 4 is 0 Å². The summed E-state index contributed by atoms with van der Waals surface area (Å²) >= 11 is 0. The summed E-state index contributed by atoms with van der Waals surface area (Å²) in [7, 11) is 1.63. The molecule has 0 spiro atoms. The molecule has 1 fully saturated rings. The molecule has 2 rings (SSSR count). The van der Waals surface area contributed by atoms with E-state index in [0.29, 0.717) is 6.61 Å². The fourth-order valence-corrected chi connectivity index (χ4v) is 2.32. The van der Waals surface area contributed by atoms with Crippen LogP contribution in [0.5, 0.6) is 0 Å². The normalized spacial score (nSPS) is 21.9. The highest BCUT2D eigenvalue weighted by Crippen LogP contribution is 2.19. The average Bonchev–Trinajstić information content (AvgIpc) is 2.78. The largest absolute Gasteiger partial charge is 0.395 e. The lowest BCUT2D eigenvalue weighted by atomic mass is 10.0. The molecule has 1 aliphatic rings. The summed E-state index contributed by atoms with van der Waals surface area (Å²) < 4.78 is 10.1. The second kappa shape index (κ2) is 6.14. The molecule has 0 bridgehead atoms. The first-order valence-corrected chi connectivity index (χ1v) is 6.12. The number of piperidine rings is 1. The number of likely N-dealkylation sites (tertiary alicyclic amines) is 1. The second-order valence-corrected chi connectivity index (χ2v) is 4.52. The van der Waals surface area contributed by atoms with Crippen molar-refractivity contribution in [1.29, 1.82) is 0 Å². The molecule has 1 atom stereocenters. The maximum Gasteiger partial charge on any atom is 0.162 e. The third-order valence-corrected chi connectivity index (χ3v) is 3.22. The minimum atomic E-state index is 0.225. The molecule has 1 aromatic heterocycles. The van der Waals surface area contributed by atoms with E-state index in [-0.39, 0.29) is 12.6 Å². The number of aliphatic hydroxyl groups excluding tert-OH is 1. The lowest BCUT2D eigenvalue weighted by molar-refractivity contribution is 0.0820. The van der Waals surface area contributed by atoms with E-state index in [0.717, 1.165) is 31.0 Å². The highest BCUT2D eigenvalue weighted by Gasteiger charge is 2.22. The number of aromatic nitrogens is 1. The second-order valence-electron chi connectivity index (χ2n) is 4.52. The maximum absolute atomic E-state index is 9.32. The number of aliphatic hydroxyl groups is 1. The Kier molecular flexibility index (Phi) is 4.53. The molecule has 1 N–H and O–H groups in total. The van der Waals surface area contributed by atoms with Gasteiger partial charge in [-0.25, -0.2) is 0 Å². The Morgan fingerprint density at radius 1 is 1.59 bits per heavy atom. The summed E-state index contributed by atoms with van der Waals surface area (Å²) in [4.78, 5) is 2.28. The van der Waals surface area contributed by atoms with Gasteiger partial charge in [0, 0.05) is 25.8 Å². The van der Waals surface area contributed by atoms with Crippen molar-refractivity contribution in [2.24, 2.45) is 0 Å². The molecule has 5 nitrogen and oxygen atoms in total. The summed E-state index contributed by atoms with van der Waals surface area (Å²) in [6.07, 6.45) is 3.47. The predicted octanol–water partition coefficient (Wildman–Crippen LogP) is 1.17. The molecule has 5 heteroatoms. The molecule has 1 unspecified atom stereocenters. The molecule has 2 heterocycles. The highest BCUT2D eigenvalue weighted by molar-refractivity contribution is 5.05. The Labute approximate surface area is 101 Å². The lowest BCUT2D eigenvalue weighted by Gasteiger charge is -2.33. The SMILES string of the molecule is COCc1cc(CN2CCCCC2CO)no1. The Hall–Kier alpha value is -0.910. The minimum absolute atomic E-state index is 0.225. The van der Waals surface area contributed by atoms with Gasteiger partial charge in [0.15, 0.2) is 5.76 Å². The molecule has 1 aliphatic heterocycles. The monoisotopic (exact) mass is 240 g/mol. The molecule has 0 saturated carbocycles. The predicted molar refractivity (Wildman–Crippen MR) is 62.4 cm³/mol. The molecule has 0 amide bonds. The van der Waals surface area contributed by atoms with Gasteiger partial charge < -0.3 is 14.4 Å². The maximum atomic E-state index is 9.32. The third kappa shape index (κ3) is 3.28. The summed E-state index contributed by atoms with van der Waals surface area (Å²) in [5.74, 6) is 0.750. The van der Waals surface area contributed by atoms with Crippen LogP contribution in [0.3, 0.4) is 0 Å². The van der Waals surface area contributed by atoms with E-state index in [9.17, 15) is 5.11 Å². The van der Waals surface area contributed by atoms with E-state index < -0.39 is 0 Å². The van der Waals surface area contributed by atoms with Crippen molar-refractivity contribution in [3.63, 3.8) is 0 Å². The number of rotatable bonds is 5. The molecule has 0 radical (unpaired) electrons. The zero-order chi connectivity index (χ0) is 12.1. The topological polar surface area (TPSA) is 58.7 Å². The van der Waals surface area contributed by atoms with Gasteiger partial charge in [-0.2, -0.15) is 0 Å². The van der Waals surface area contributed by atoms with Gasteiger partial charge in [-0.1, -0.05) is 11.6 Å². The van der Waals surface area contributed by atoms with Crippen LogP contribution in [0.4, 0.5) is 0 Å². The van der Waals surface area contributed by atoms with Gasteiger partial charge in [-0.3, -0.25) is 4.90 Å². The number of methoxy groups -OCH3 is 1. The van der Waals surface area contributed by atoms with Crippen molar-refractivity contribution in [3.8, 4) is 0 Å². The average molecular weight is 240 g/mol. The minimum Gasteiger partial charge on any atom is -0.395 e. The van der Waals surface area contributed by atoms with E-state index in [1.807, 2.05) is 6.07 Å². The Balaban J connectivity index is 1.93. The molecular formula is C12H20N2O3. The molecule has 17 heavy (non-hydrogen) atoms. The zero-order valence-corrected chi connectivity index (χ0v) is 10.3. The third-order valence-electron chi connectivity index (χ3n) is 3.22. The molecular weight excluding hydrogens is 220 g/mol. The van der Waals surface area contributed by atoms with Crippen LogP contribution in [-0.4, -0.2) is 41.5 Å². The van der Waals surface area contributed by atoms with Crippen LogP contribution in [0.25, 0.3) is 0 Å². The van der Waals surface area contributed by atoms with E-state index in [2.05, 4.69) is 10.1 Å². The van der Waals surface area contributed by atoms with Crippen LogP contribution >= 0.6 is 0 Å². The van der Waals surface area contributed by atoms with E-state index in [1.54, 1.807) is 7.11 Å². The molecule has 96 valence electrons.